The molecule has 2 heterocycles. The van der Waals surface area contributed by atoms with Gasteiger partial charge < -0.3 is 9.42 Å². The first-order valence-corrected chi connectivity index (χ1v) is 6.46. The van der Waals surface area contributed by atoms with E-state index in [1.807, 2.05) is 37.3 Å². The monoisotopic (exact) mass is 257 g/mol. The molecular weight excluding hydrogens is 242 g/mol. The Hall–Kier alpha value is -2.17. The van der Waals surface area contributed by atoms with E-state index in [9.17, 15) is 4.79 Å². The second-order valence-electron chi connectivity index (χ2n) is 4.64. The molecule has 1 aliphatic heterocycles. The largest absolute Gasteiger partial charge is 0.339 e. The number of carbonyl (C=O) groups excluding carboxylic acids is 1. The lowest BCUT2D eigenvalue weighted by Crippen LogP contribution is -2.24. The van der Waals surface area contributed by atoms with Crippen LogP contribution in [0, 0.1) is 0 Å². The van der Waals surface area contributed by atoms with E-state index in [0.29, 0.717) is 24.7 Å². The van der Waals surface area contributed by atoms with Gasteiger partial charge in [-0.1, -0.05) is 30.3 Å². The highest BCUT2D eigenvalue weighted by Gasteiger charge is 2.34. The summed E-state index contributed by atoms with van der Waals surface area (Å²) in [6.45, 7) is 2.58. The molecule has 3 rings (SSSR count). The molecule has 1 fully saturated rings. The number of nitrogens with zero attached hydrogens (tertiary/aromatic N) is 3. The number of aromatic nitrogens is 2. The number of benzene rings is 1. The lowest BCUT2D eigenvalue weighted by Gasteiger charge is -2.15. The molecule has 5 nitrogen and oxygen atoms in total. The van der Waals surface area contributed by atoms with Crippen molar-refractivity contribution in [3.63, 3.8) is 0 Å². The van der Waals surface area contributed by atoms with Crippen LogP contribution in [0.1, 0.15) is 31.0 Å². The lowest BCUT2D eigenvalue weighted by atomic mass is 10.1. The Morgan fingerprint density at radius 2 is 2.16 bits per heavy atom. The van der Waals surface area contributed by atoms with Gasteiger partial charge in [-0.25, -0.2) is 0 Å². The minimum atomic E-state index is 0.000469. The normalized spacial score (nSPS) is 19.1. The van der Waals surface area contributed by atoms with E-state index in [2.05, 4.69) is 10.1 Å². The van der Waals surface area contributed by atoms with Crippen LogP contribution >= 0.6 is 0 Å². The average molecular weight is 257 g/mol. The molecule has 0 N–H and O–H groups in total. The molecule has 0 radical (unpaired) electrons. The Morgan fingerprint density at radius 3 is 2.84 bits per heavy atom. The quantitative estimate of drug-likeness (QED) is 0.845. The molecule has 0 spiro atoms. The number of amides is 1. The van der Waals surface area contributed by atoms with Gasteiger partial charge in [0.25, 0.3) is 0 Å². The molecule has 1 saturated heterocycles. The van der Waals surface area contributed by atoms with Gasteiger partial charge >= 0.3 is 0 Å². The summed E-state index contributed by atoms with van der Waals surface area (Å²) in [6, 6.07) is 9.67. The van der Waals surface area contributed by atoms with Crippen molar-refractivity contribution < 1.29 is 9.32 Å². The molecule has 1 atom stereocenters. The number of hydrogen-bond donors (Lipinski definition) is 0. The molecule has 0 bridgehead atoms. The Kier molecular flexibility index (Phi) is 3.03. The maximum Gasteiger partial charge on any atom is 0.232 e. The Morgan fingerprint density at radius 1 is 1.37 bits per heavy atom. The molecule has 5 heteroatoms. The van der Waals surface area contributed by atoms with Gasteiger partial charge in [-0.2, -0.15) is 4.98 Å². The van der Waals surface area contributed by atoms with E-state index in [1.165, 1.54) is 0 Å². The van der Waals surface area contributed by atoms with Crippen LogP contribution in [-0.4, -0.2) is 22.6 Å². The topological polar surface area (TPSA) is 59.2 Å². The Bertz CT molecular complexity index is 579. The average Bonchev–Trinajstić information content (AvgIpc) is 3.06. The van der Waals surface area contributed by atoms with Gasteiger partial charge in [-0.05, 0) is 12.1 Å². The molecule has 1 unspecified atom stereocenters. The first-order valence-electron chi connectivity index (χ1n) is 6.46. The summed E-state index contributed by atoms with van der Waals surface area (Å²) in [6.07, 6.45) is 1.17. The fourth-order valence-corrected chi connectivity index (χ4v) is 2.31. The van der Waals surface area contributed by atoms with Crippen molar-refractivity contribution in [1.82, 2.24) is 10.1 Å². The van der Waals surface area contributed by atoms with Gasteiger partial charge in [0.15, 0.2) is 5.82 Å². The first-order chi connectivity index (χ1) is 9.28. The van der Waals surface area contributed by atoms with Crippen LogP contribution in [0.3, 0.4) is 0 Å². The first kappa shape index (κ1) is 11.9. The zero-order valence-corrected chi connectivity index (χ0v) is 10.7. The summed E-state index contributed by atoms with van der Waals surface area (Å²) >= 11 is 0. The zero-order chi connectivity index (χ0) is 13.2. The Labute approximate surface area is 111 Å². The fourth-order valence-electron chi connectivity index (χ4n) is 2.31. The van der Waals surface area contributed by atoms with Gasteiger partial charge in [-0.15, -0.1) is 0 Å². The third-order valence-corrected chi connectivity index (χ3v) is 3.34. The summed E-state index contributed by atoms with van der Waals surface area (Å²) in [7, 11) is 0. The predicted molar refractivity (Wildman–Crippen MR) is 69.8 cm³/mol. The third kappa shape index (κ3) is 2.23. The van der Waals surface area contributed by atoms with Gasteiger partial charge in [0.1, 0.15) is 0 Å². The van der Waals surface area contributed by atoms with Crippen molar-refractivity contribution in [1.29, 1.82) is 0 Å². The molecular formula is C14H15N3O2. The van der Waals surface area contributed by atoms with Crippen molar-refractivity contribution in [3.05, 3.63) is 42.0 Å². The highest BCUT2D eigenvalue weighted by molar-refractivity contribution is 5.96. The minimum absolute atomic E-state index is 0.000469. The zero-order valence-electron chi connectivity index (χ0n) is 10.7. The lowest BCUT2D eigenvalue weighted by molar-refractivity contribution is -0.117. The number of hydrogen-bond acceptors (Lipinski definition) is 4. The molecule has 0 aliphatic carbocycles. The number of para-hydroxylation sites is 1. The Balaban J connectivity index is 1.80. The molecule has 98 valence electrons. The van der Waals surface area contributed by atoms with Crippen LogP contribution in [0.5, 0.6) is 0 Å². The van der Waals surface area contributed by atoms with Gasteiger partial charge in [-0.3, -0.25) is 4.79 Å². The SMILES string of the molecule is CCc1noc(C2CC(=O)N(c3ccccc3)C2)n1. The molecule has 1 aliphatic rings. The van der Waals surface area contributed by atoms with E-state index in [0.717, 1.165) is 12.1 Å². The van der Waals surface area contributed by atoms with Crippen molar-refractivity contribution in [2.75, 3.05) is 11.4 Å². The number of carbonyl (C=O) groups is 1. The maximum atomic E-state index is 12.1. The van der Waals surface area contributed by atoms with Gasteiger partial charge in [0.2, 0.25) is 11.8 Å². The van der Waals surface area contributed by atoms with E-state index >= 15 is 0 Å². The number of aryl methyl sites for hydroxylation is 1. The van der Waals surface area contributed by atoms with E-state index < -0.39 is 0 Å². The predicted octanol–water partition coefficient (Wildman–Crippen LogP) is 2.15. The summed E-state index contributed by atoms with van der Waals surface area (Å²) in [5.41, 5.74) is 0.922. The smallest absolute Gasteiger partial charge is 0.232 e. The molecule has 1 aromatic heterocycles. The van der Waals surface area contributed by atoms with Crippen molar-refractivity contribution in [3.8, 4) is 0 Å². The number of rotatable bonds is 3. The fraction of sp³-hybridized carbons (Fsp3) is 0.357. The molecule has 1 aromatic carbocycles. The molecule has 19 heavy (non-hydrogen) atoms. The maximum absolute atomic E-state index is 12.1. The molecule has 2 aromatic rings. The standard InChI is InChI=1S/C14H15N3O2/c1-2-12-15-14(19-16-12)10-8-13(18)17(9-10)11-6-4-3-5-7-11/h3-7,10H,2,8-9H2,1H3. The van der Waals surface area contributed by atoms with Gasteiger partial charge in [0.05, 0.1) is 5.92 Å². The molecule has 1 amide bonds. The summed E-state index contributed by atoms with van der Waals surface area (Å²) in [5.74, 6) is 1.37. The number of anilines is 1. The highest BCUT2D eigenvalue weighted by atomic mass is 16.5. The summed E-state index contributed by atoms with van der Waals surface area (Å²) in [4.78, 5) is 18.2. The van der Waals surface area contributed by atoms with E-state index in [4.69, 9.17) is 4.52 Å². The van der Waals surface area contributed by atoms with E-state index in [-0.39, 0.29) is 11.8 Å². The van der Waals surface area contributed by atoms with Crippen LogP contribution in [0.25, 0.3) is 0 Å². The third-order valence-electron chi connectivity index (χ3n) is 3.34. The van der Waals surface area contributed by atoms with Crippen LogP contribution in [-0.2, 0) is 11.2 Å². The van der Waals surface area contributed by atoms with Crippen LogP contribution in [0.15, 0.2) is 34.9 Å². The van der Waals surface area contributed by atoms with Gasteiger partial charge in [0, 0.05) is 25.1 Å². The van der Waals surface area contributed by atoms with Crippen molar-refractivity contribution in [2.45, 2.75) is 25.7 Å². The van der Waals surface area contributed by atoms with Crippen LogP contribution < -0.4 is 4.90 Å². The van der Waals surface area contributed by atoms with Crippen LogP contribution in [0.4, 0.5) is 5.69 Å². The highest BCUT2D eigenvalue weighted by Crippen LogP contribution is 2.30. The van der Waals surface area contributed by atoms with Crippen molar-refractivity contribution in [2.24, 2.45) is 0 Å². The van der Waals surface area contributed by atoms with Crippen LogP contribution in [0.2, 0.25) is 0 Å². The molecule has 0 saturated carbocycles. The minimum Gasteiger partial charge on any atom is -0.339 e. The summed E-state index contributed by atoms with van der Waals surface area (Å²) in [5, 5.41) is 3.89. The summed E-state index contributed by atoms with van der Waals surface area (Å²) < 4.78 is 5.23. The second-order valence-corrected chi connectivity index (χ2v) is 4.64. The second kappa shape index (κ2) is 4.84. The van der Waals surface area contributed by atoms with Crippen molar-refractivity contribution >= 4 is 11.6 Å². The van der Waals surface area contributed by atoms with E-state index in [1.54, 1.807) is 4.90 Å².